The highest BCUT2D eigenvalue weighted by atomic mass is 16.5. The van der Waals surface area contributed by atoms with Gasteiger partial charge in [-0.1, -0.05) is 0 Å². The topological polar surface area (TPSA) is 12.5 Å². The van der Waals surface area contributed by atoms with Crippen molar-refractivity contribution in [1.29, 1.82) is 0 Å². The van der Waals surface area contributed by atoms with E-state index < -0.39 is 0 Å². The van der Waals surface area contributed by atoms with Crippen LogP contribution in [0.25, 0.3) is 0 Å². The standard InChI is InChI=1S/C9H15NO/c1-7-8(2)11-6-5-10(7)9-3-4-9/h9H,3-6H2,1-2H3. The molecule has 2 aliphatic rings. The average Bonchev–Trinajstić information content (AvgIpc) is 2.77. The van der Waals surface area contributed by atoms with E-state index in [9.17, 15) is 0 Å². The average molecular weight is 153 g/mol. The Balaban J connectivity index is 2.13. The Morgan fingerprint density at radius 2 is 2.09 bits per heavy atom. The molecular weight excluding hydrogens is 138 g/mol. The Bertz CT molecular complexity index is 194. The van der Waals surface area contributed by atoms with Crippen molar-refractivity contribution < 1.29 is 4.74 Å². The molecule has 1 aliphatic heterocycles. The quantitative estimate of drug-likeness (QED) is 0.569. The van der Waals surface area contributed by atoms with Crippen molar-refractivity contribution in [3.8, 4) is 0 Å². The van der Waals surface area contributed by atoms with Crippen LogP contribution in [0.4, 0.5) is 0 Å². The molecule has 2 nitrogen and oxygen atoms in total. The van der Waals surface area contributed by atoms with E-state index in [0.29, 0.717) is 0 Å². The zero-order chi connectivity index (χ0) is 7.84. The second-order valence-electron chi connectivity index (χ2n) is 3.41. The lowest BCUT2D eigenvalue weighted by Gasteiger charge is -2.31. The summed E-state index contributed by atoms with van der Waals surface area (Å²) < 4.78 is 5.44. The van der Waals surface area contributed by atoms with Crippen LogP contribution in [0, 0.1) is 0 Å². The molecule has 0 atom stereocenters. The van der Waals surface area contributed by atoms with Crippen molar-refractivity contribution in [3.63, 3.8) is 0 Å². The van der Waals surface area contributed by atoms with Crippen LogP contribution in [0.1, 0.15) is 26.7 Å². The van der Waals surface area contributed by atoms with E-state index in [-0.39, 0.29) is 0 Å². The van der Waals surface area contributed by atoms with E-state index in [1.807, 2.05) is 0 Å². The second kappa shape index (κ2) is 2.43. The zero-order valence-electron chi connectivity index (χ0n) is 7.26. The number of allylic oxidation sites excluding steroid dienone is 2. The Hall–Kier alpha value is -0.660. The summed E-state index contributed by atoms with van der Waals surface area (Å²) >= 11 is 0. The van der Waals surface area contributed by atoms with Crippen molar-refractivity contribution >= 4 is 0 Å². The molecule has 0 aromatic carbocycles. The fourth-order valence-electron chi connectivity index (χ4n) is 1.61. The van der Waals surface area contributed by atoms with Crippen molar-refractivity contribution in [3.05, 3.63) is 11.5 Å². The second-order valence-corrected chi connectivity index (χ2v) is 3.41. The molecule has 0 bridgehead atoms. The number of rotatable bonds is 1. The zero-order valence-corrected chi connectivity index (χ0v) is 7.26. The van der Waals surface area contributed by atoms with Gasteiger partial charge in [-0.3, -0.25) is 0 Å². The number of hydrogen-bond donors (Lipinski definition) is 0. The SMILES string of the molecule is CC1=C(C)N(C2CC2)CCO1. The molecule has 62 valence electrons. The fourth-order valence-corrected chi connectivity index (χ4v) is 1.61. The molecule has 0 N–H and O–H groups in total. The van der Waals surface area contributed by atoms with Crippen molar-refractivity contribution in [2.45, 2.75) is 32.7 Å². The first-order valence-corrected chi connectivity index (χ1v) is 4.36. The Morgan fingerprint density at radius 1 is 1.36 bits per heavy atom. The molecule has 11 heavy (non-hydrogen) atoms. The van der Waals surface area contributed by atoms with Crippen molar-refractivity contribution in [2.24, 2.45) is 0 Å². The highest BCUT2D eigenvalue weighted by Gasteiger charge is 2.31. The minimum Gasteiger partial charge on any atom is -0.495 e. The van der Waals surface area contributed by atoms with Crippen LogP contribution in [0.2, 0.25) is 0 Å². The van der Waals surface area contributed by atoms with Crippen LogP contribution in [-0.4, -0.2) is 24.1 Å². The molecule has 0 spiro atoms. The van der Waals surface area contributed by atoms with Gasteiger partial charge in [0.05, 0.1) is 6.54 Å². The highest BCUT2D eigenvalue weighted by molar-refractivity contribution is 5.09. The van der Waals surface area contributed by atoms with Crippen molar-refractivity contribution in [2.75, 3.05) is 13.2 Å². The minimum absolute atomic E-state index is 0.842. The van der Waals surface area contributed by atoms with Gasteiger partial charge in [0.2, 0.25) is 0 Å². The molecular formula is C9H15NO. The van der Waals surface area contributed by atoms with E-state index in [1.165, 1.54) is 18.5 Å². The Labute approximate surface area is 67.8 Å². The molecule has 1 heterocycles. The normalized spacial score (nSPS) is 25.5. The molecule has 1 saturated carbocycles. The van der Waals surface area contributed by atoms with Gasteiger partial charge < -0.3 is 9.64 Å². The summed E-state index contributed by atoms with van der Waals surface area (Å²) in [6, 6.07) is 0.842. The lowest BCUT2D eigenvalue weighted by atomic mass is 10.3. The Morgan fingerprint density at radius 3 is 2.73 bits per heavy atom. The third-order valence-electron chi connectivity index (χ3n) is 2.58. The summed E-state index contributed by atoms with van der Waals surface area (Å²) in [6.45, 7) is 6.18. The smallest absolute Gasteiger partial charge is 0.112 e. The molecule has 1 aliphatic carbocycles. The summed E-state index contributed by atoms with van der Waals surface area (Å²) in [5.74, 6) is 1.11. The Kier molecular flexibility index (Phi) is 1.55. The number of nitrogens with zero attached hydrogens (tertiary/aromatic N) is 1. The van der Waals surface area contributed by atoms with Gasteiger partial charge in [-0.2, -0.15) is 0 Å². The molecule has 0 unspecified atom stereocenters. The van der Waals surface area contributed by atoms with Gasteiger partial charge in [0.15, 0.2) is 0 Å². The largest absolute Gasteiger partial charge is 0.495 e. The molecule has 2 rings (SSSR count). The predicted molar refractivity (Wildman–Crippen MR) is 44.1 cm³/mol. The molecule has 0 amide bonds. The van der Waals surface area contributed by atoms with Crippen LogP contribution in [-0.2, 0) is 4.74 Å². The van der Waals surface area contributed by atoms with E-state index in [4.69, 9.17) is 4.74 Å². The first-order chi connectivity index (χ1) is 5.29. The first kappa shape index (κ1) is 7.01. The van der Waals surface area contributed by atoms with Crippen LogP contribution < -0.4 is 0 Å². The maximum Gasteiger partial charge on any atom is 0.112 e. The summed E-state index contributed by atoms with van der Waals surface area (Å²) in [5.41, 5.74) is 1.35. The molecule has 0 aromatic rings. The predicted octanol–water partition coefficient (Wildman–Crippen LogP) is 1.73. The third-order valence-corrected chi connectivity index (χ3v) is 2.58. The van der Waals surface area contributed by atoms with Crippen LogP contribution in [0.15, 0.2) is 11.5 Å². The molecule has 0 aromatic heterocycles. The van der Waals surface area contributed by atoms with Crippen LogP contribution >= 0.6 is 0 Å². The fraction of sp³-hybridized carbons (Fsp3) is 0.778. The van der Waals surface area contributed by atoms with Crippen LogP contribution in [0.3, 0.4) is 0 Å². The lowest BCUT2D eigenvalue weighted by molar-refractivity contribution is 0.127. The molecule has 1 fully saturated rings. The van der Waals surface area contributed by atoms with E-state index in [1.54, 1.807) is 0 Å². The lowest BCUT2D eigenvalue weighted by Crippen LogP contribution is -2.32. The summed E-state index contributed by atoms with van der Waals surface area (Å²) in [4.78, 5) is 2.48. The van der Waals surface area contributed by atoms with Gasteiger partial charge in [0.25, 0.3) is 0 Å². The number of hydrogen-bond acceptors (Lipinski definition) is 2. The minimum atomic E-state index is 0.842. The van der Waals surface area contributed by atoms with E-state index in [0.717, 1.165) is 25.0 Å². The van der Waals surface area contributed by atoms with Crippen LogP contribution in [0.5, 0.6) is 0 Å². The van der Waals surface area contributed by atoms with Gasteiger partial charge >= 0.3 is 0 Å². The maximum atomic E-state index is 5.44. The van der Waals surface area contributed by atoms with Gasteiger partial charge in [-0.15, -0.1) is 0 Å². The van der Waals surface area contributed by atoms with E-state index in [2.05, 4.69) is 18.7 Å². The first-order valence-electron chi connectivity index (χ1n) is 4.36. The van der Waals surface area contributed by atoms with Gasteiger partial charge in [-0.25, -0.2) is 0 Å². The highest BCUT2D eigenvalue weighted by Crippen LogP contribution is 2.32. The third kappa shape index (κ3) is 1.22. The molecule has 0 radical (unpaired) electrons. The molecule has 2 heteroatoms. The van der Waals surface area contributed by atoms with Gasteiger partial charge in [0.1, 0.15) is 12.4 Å². The summed E-state index contributed by atoms with van der Waals surface area (Å²) in [7, 11) is 0. The monoisotopic (exact) mass is 153 g/mol. The van der Waals surface area contributed by atoms with Crippen molar-refractivity contribution in [1.82, 2.24) is 4.90 Å². The number of ether oxygens (including phenoxy) is 1. The van der Waals surface area contributed by atoms with Gasteiger partial charge in [0, 0.05) is 11.7 Å². The van der Waals surface area contributed by atoms with Gasteiger partial charge in [-0.05, 0) is 26.7 Å². The molecule has 0 saturated heterocycles. The maximum absolute atomic E-state index is 5.44. The summed E-state index contributed by atoms with van der Waals surface area (Å²) in [6.07, 6.45) is 2.76. The van der Waals surface area contributed by atoms with E-state index >= 15 is 0 Å². The summed E-state index contributed by atoms with van der Waals surface area (Å²) in [5, 5.41) is 0.